The average molecular weight is 473 g/mol. The van der Waals surface area contributed by atoms with E-state index in [9.17, 15) is 15.0 Å². The normalized spacial score (nSPS) is 34.3. The minimum Gasteiger partial charge on any atom is -0.504 e. The molecule has 6 atom stereocenters. The highest BCUT2D eigenvalue weighted by Crippen LogP contribution is 2.66. The van der Waals surface area contributed by atoms with Crippen LogP contribution in [0.25, 0.3) is 0 Å². The van der Waals surface area contributed by atoms with E-state index in [4.69, 9.17) is 4.74 Å². The zero-order valence-corrected chi connectivity index (χ0v) is 20.7. The molecule has 2 fully saturated rings. The van der Waals surface area contributed by atoms with Crippen LogP contribution in [0.3, 0.4) is 0 Å². The lowest BCUT2D eigenvalue weighted by molar-refractivity contribution is -0.208. The van der Waals surface area contributed by atoms with E-state index in [1.54, 1.807) is 18.0 Å². The number of ether oxygens (including phenoxy) is 1. The SMILES string of the molecule is Cc1cccc(C#CC(=O)N(C)[C@@H]2[C@H](C)C[C@@]3(O)[C@H]4Cc5ccc(O)c6c5[C@@]3(CCN4C)[C@H]2O6)c1. The molecule has 0 aromatic heterocycles. The first kappa shape index (κ1) is 22.5. The summed E-state index contributed by atoms with van der Waals surface area (Å²) in [5.74, 6) is 6.14. The molecule has 2 aliphatic carbocycles. The Balaban J connectivity index is 1.43. The van der Waals surface area contributed by atoms with Crippen LogP contribution in [-0.4, -0.2) is 70.3 Å². The largest absolute Gasteiger partial charge is 0.504 e. The van der Waals surface area contributed by atoms with Crippen molar-refractivity contribution in [1.82, 2.24) is 9.80 Å². The second-order valence-electron chi connectivity index (χ2n) is 11.0. The van der Waals surface area contributed by atoms with Crippen molar-refractivity contribution in [3.05, 3.63) is 58.7 Å². The van der Waals surface area contributed by atoms with Gasteiger partial charge in [-0.3, -0.25) is 4.79 Å². The number of likely N-dealkylation sites (tertiary alicyclic amines) is 1. The van der Waals surface area contributed by atoms with E-state index in [2.05, 4.69) is 30.7 Å². The van der Waals surface area contributed by atoms with Crippen LogP contribution in [0.1, 0.15) is 42.0 Å². The number of amides is 1. The predicted octanol–water partition coefficient (Wildman–Crippen LogP) is 2.61. The molecule has 2 N–H and O–H groups in total. The van der Waals surface area contributed by atoms with Crippen LogP contribution in [0.15, 0.2) is 36.4 Å². The molecule has 1 spiro atoms. The molecular weight excluding hydrogens is 440 g/mol. The van der Waals surface area contributed by atoms with Crippen molar-refractivity contribution in [2.75, 3.05) is 20.6 Å². The summed E-state index contributed by atoms with van der Waals surface area (Å²) in [6.07, 6.45) is 1.54. The number of phenols is 1. The Morgan fingerprint density at radius 2 is 2.09 bits per heavy atom. The smallest absolute Gasteiger partial charge is 0.298 e. The Labute approximate surface area is 206 Å². The number of aliphatic hydroxyl groups is 1. The number of aryl methyl sites for hydroxylation is 1. The van der Waals surface area contributed by atoms with Crippen molar-refractivity contribution in [3.63, 3.8) is 0 Å². The van der Waals surface area contributed by atoms with Crippen LogP contribution in [0.4, 0.5) is 0 Å². The highest BCUT2D eigenvalue weighted by Gasteiger charge is 2.74. The van der Waals surface area contributed by atoms with Crippen LogP contribution >= 0.6 is 0 Å². The number of hydrogen-bond donors (Lipinski definition) is 2. The van der Waals surface area contributed by atoms with E-state index in [-0.39, 0.29) is 29.7 Å². The van der Waals surface area contributed by atoms with Crippen LogP contribution in [0, 0.1) is 24.7 Å². The maximum absolute atomic E-state index is 13.3. The van der Waals surface area contributed by atoms with E-state index < -0.39 is 17.1 Å². The minimum absolute atomic E-state index is 0.0140. The van der Waals surface area contributed by atoms with Gasteiger partial charge in [0.05, 0.1) is 17.1 Å². The Morgan fingerprint density at radius 1 is 1.29 bits per heavy atom. The number of benzene rings is 2. The molecular formula is C29H32N2O4. The average Bonchev–Trinajstić information content (AvgIpc) is 3.16. The van der Waals surface area contributed by atoms with Gasteiger partial charge in [-0.05, 0) is 75.0 Å². The van der Waals surface area contributed by atoms with E-state index in [0.717, 1.165) is 35.2 Å². The van der Waals surface area contributed by atoms with Crippen LogP contribution < -0.4 is 4.74 Å². The maximum atomic E-state index is 13.3. The first-order valence-corrected chi connectivity index (χ1v) is 12.5. The fourth-order valence-corrected chi connectivity index (χ4v) is 7.66. The highest BCUT2D eigenvalue weighted by atomic mass is 16.5. The fourth-order valence-electron chi connectivity index (χ4n) is 7.66. The van der Waals surface area contributed by atoms with Gasteiger partial charge >= 0.3 is 0 Å². The molecule has 2 aliphatic heterocycles. The minimum atomic E-state index is -0.996. The van der Waals surface area contributed by atoms with Gasteiger partial charge in [0.25, 0.3) is 5.91 Å². The lowest BCUT2D eigenvalue weighted by Crippen LogP contribution is -2.79. The first-order valence-electron chi connectivity index (χ1n) is 12.5. The highest BCUT2D eigenvalue weighted by molar-refractivity contribution is 5.94. The lowest BCUT2D eigenvalue weighted by Gasteiger charge is -2.65. The summed E-state index contributed by atoms with van der Waals surface area (Å²) in [6, 6.07) is 11.2. The van der Waals surface area contributed by atoms with E-state index in [1.807, 2.05) is 37.3 Å². The number of piperidine rings is 1. The molecule has 0 radical (unpaired) electrons. The molecule has 2 heterocycles. The van der Waals surface area contributed by atoms with Crippen LogP contribution in [-0.2, 0) is 16.6 Å². The van der Waals surface area contributed by atoms with E-state index in [1.165, 1.54) is 0 Å². The summed E-state index contributed by atoms with van der Waals surface area (Å²) in [5, 5.41) is 23.2. The fraction of sp³-hybridized carbons (Fsp3) is 0.483. The number of hydrogen-bond acceptors (Lipinski definition) is 5. The van der Waals surface area contributed by atoms with Gasteiger partial charge in [0.15, 0.2) is 11.5 Å². The van der Waals surface area contributed by atoms with Gasteiger partial charge in [-0.15, -0.1) is 0 Å². The summed E-state index contributed by atoms with van der Waals surface area (Å²) >= 11 is 0. The Morgan fingerprint density at radius 3 is 2.86 bits per heavy atom. The molecule has 35 heavy (non-hydrogen) atoms. The second-order valence-corrected chi connectivity index (χ2v) is 11.0. The zero-order valence-electron chi connectivity index (χ0n) is 20.7. The molecule has 2 aromatic carbocycles. The number of carbonyl (C=O) groups excluding carboxylic acids is 1. The van der Waals surface area contributed by atoms with Crippen molar-refractivity contribution in [2.24, 2.45) is 5.92 Å². The number of rotatable bonds is 1. The monoisotopic (exact) mass is 472 g/mol. The second kappa shape index (κ2) is 7.49. The summed E-state index contributed by atoms with van der Waals surface area (Å²) in [5.41, 5.74) is 2.33. The van der Waals surface area contributed by atoms with Gasteiger partial charge < -0.3 is 24.7 Å². The van der Waals surface area contributed by atoms with E-state index in [0.29, 0.717) is 18.6 Å². The molecule has 6 nitrogen and oxygen atoms in total. The van der Waals surface area contributed by atoms with Gasteiger partial charge in [-0.1, -0.05) is 31.0 Å². The molecule has 0 unspecified atom stereocenters. The lowest BCUT2D eigenvalue weighted by atomic mass is 9.47. The van der Waals surface area contributed by atoms with Crippen molar-refractivity contribution < 1.29 is 19.7 Å². The number of carbonyl (C=O) groups is 1. The van der Waals surface area contributed by atoms with Crippen molar-refractivity contribution in [3.8, 4) is 23.3 Å². The molecule has 2 aromatic rings. The van der Waals surface area contributed by atoms with Gasteiger partial charge in [0, 0.05) is 30.1 Å². The number of aromatic hydroxyl groups is 1. The molecule has 6 heteroatoms. The first-order chi connectivity index (χ1) is 16.7. The molecule has 1 amide bonds. The van der Waals surface area contributed by atoms with Crippen molar-refractivity contribution in [1.29, 1.82) is 0 Å². The molecule has 2 bridgehead atoms. The van der Waals surface area contributed by atoms with Crippen molar-refractivity contribution >= 4 is 5.91 Å². The van der Waals surface area contributed by atoms with Crippen LogP contribution in [0.5, 0.6) is 11.5 Å². The van der Waals surface area contributed by atoms with Crippen LogP contribution in [0.2, 0.25) is 0 Å². The van der Waals surface area contributed by atoms with E-state index >= 15 is 0 Å². The number of nitrogens with zero attached hydrogens (tertiary/aromatic N) is 2. The Bertz CT molecular complexity index is 1300. The third kappa shape index (κ3) is 2.89. The molecule has 1 saturated carbocycles. The van der Waals surface area contributed by atoms with Gasteiger partial charge in [0.1, 0.15) is 6.10 Å². The molecule has 6 rings (SSSR count). The Hall–Kier alpha value is -3.01. The van der Waals surface area contributed by atoms with Gasteiger partial charge in [0.2, 0.25) is 0 Å². The summed E-state index contributed by atoms with van der Waals surface area (Å²) in [4.78, 5) is 17.3. The summed E-state index contributed by atoms with van der Waals surface area (Å²) in [7, 11) is 3.87. The number of phenolic OH excluding ortho intramolecular Hbond substituents is 1. The zero-order chi connectivity index (χ0) is 24.7. The quantitative estimate of drug-likeness (QED) is 0.625. The molecule has 1 saturated heterocycles. The van der Waals surface area contributed by atoms with Gasteiger partial charge in [-0.2, -0.15) is 0 Å². The maximum Gasteiger partial charge on any atom is 0.298 e. The molecule has 182 valence electrons. The third-order valence-electron chi connectivity index (χ3n) is 9.15. The topological polar surface area (TPSA) is 73.2 Å². The standard InChI is InChI=1S/C29H32N2O4/c1-17-6-5-7-19(14-17)8-11-23(33)31(4)25-18(2)16-29(34)22-15-20-9-10-21(32)26-24(20)28(29,27(25)35-26)12-13-30(22)3/h5-7,9-10,14,18,22,25,27,32,34H,12-13,15-16H2,1-4H3/t18-,22-,25-,27+,28+,29-/m1/s1. The summed E-state index contributed by atoms with van der Waals surface area (Å²) < 4.78 is 6.57. The number of likely N-dealkylation sites (N-methyl/N-ethyl adjacent to an activating group) is 2. The predicted molar refractivity (Wildman–Crippen MR) is 132 cm³/mol. The van der Waals surface area contributed by atoms with Crippen molar-refractivity contribution in [2.45, 2.75) is 62.3 Å². The third-order valence-corrected chi connectivity index (χ3v) is 9.15. The van der Waals surface area contributed by atoms with Gasteiger partial charge in [-0.25, -0.2) is 0 Å². The summed E-state index contributed by atoms with van der Waals surface area (Å²) in [6.45, 7) is 4.92. The molecule has 4 aliphatic rings. The Kier molecular flexibility index (Phi) is 4.81.